The Hall–Kier alpha value is -1.59. The molecule has 1 saturated heterocycles. The summed E-state index contributed by atoms with van der Waals surface area (Å²) in [5.74, 6) is -0.0862. The molecule has 0 radical (unpaired) electrons. The molecule has 0 saturated carbocycles. The maximum atomic E-state index is 12.7. The SMILES string of the molecule is Cl.NC[C@H]1CC[C@@H](C(=O)NC(Cc2ccccc2Cl)c2ccccc2)O1. The summed E-state index contributed by atoms with van der Waals surface area (Å²) < 4.78 is 5.72. The predicted octanol–water partition coefficient (Wildman–Crippen LogP) is 3.67. The third-order valence-electron chi connectivity index (χ3n) is 4.56. The minimum atomic E-state index is -0.425. The van der Waals surface area contributed by atoms with Crippen LogP contribution in [0.4, 0.5) is 0 Å². The Labute approximate surface area is 165 Å². The Morgan fingerprint density at radius 2 is 1.85 bits per heavy atom. The van der Waals surface area contributed by atoms with Crippen LogP contribution >= 0.6 is 24.0 Å². The normalized spacial score (nSPS) is 20.2. The van der Waals surface area contributed by atoms with E-state index in [2.05, 4.69) is 5.32 Å². The highest BCUT2D eigenvalue weighted by Gasteiger charge is 2.31. The van der Waals surface area contributed by atoms with Gasteiger partial charge in [0.15, 0.2) is 0 Å². The summed E-state index contributed by atoms with van der Waals surface area (Å²) in [6, 6.07) is 17.5. The minimum Gasteiger partial charge on any atom is -0.364 e. The van der Waals surface area contributed by atoms with E-state index < -0.39 is 6.10 Å². The zero-order chi connectivity index (χ0) is 17.6. The maximum absolute atomic E-state index is 12.7. The number of rotatable bonds is 6. The number of hydrogen-bond donors (Lipinski definition) is 2. The Bertz CT molecular complexity index is 712. The van der Waals surface area contributed by atoms with Gasteiger partial charge in [-0.2, -0.15) is 0 Å². The zero-order valence-electron chi connectivity index (χ0n) is 14.4. The molecule has 0 aromatic heterocycles. The lowest BCUT2D eigenvalue weighted by Crippen LogP contribution is -2.38. The third-order valence-corrected chi connectivity index (χ3v) is 4.93. The van der Waals surface area contributed by atoms with Gasteiger partial charge in [0.1, 0.15) is 6.10 Å². The number of carbonyl (C=O) groups excluding carboxylic acids is 1. The van der Waals surface area contributed by atoms with Gasteiger partial charge in [0, 0.05) is 11.6 Å². The molecule has 1 heterocycles. The minimum absolute atomic E-state index is 0. The van der Waals surface area contributed by atoms with Crippen molar-refractivity contribution < 1.29 is 9.53 Å². The molecule has 1 aliphatic heterocycles. The van der Waals surface area contributed by atoms with Gasteiger partial charge in [0.2, 0.25) is 5.91 Å². The zero-order valence-corrected chi connectivity index (χ0v) is 16.0. The summed E-state index contributed by atoms with van der Waals surface area (Å²) in [5, 5.41) is 3.84. The molecular formula is C20H24Cl2N2O2. The number of nitrogens with one attached hydrogen (secondary N) is 1. The summed E-state index contributed by atoms with van der Waals surface area (Å²) in [4.78, 5) is 12.7. The highest BCUT2D eigenvalue weighted by molar-refractivity contribution is 6.31. The lowest BCUT2D eigenvalue weighted by atomic mass is 9.98. The average Bonchev–Trinajstić information content (AvgIpc) is 3.13. The molecule has 2 aromatic rings. The molecule has 1 fully saturated rings. The van der Waals surface area contributed by atoms with E-state index in [9.17, 15) is 4.79 Å². The van der Waals surface area contributed by atoms with Crippen molar-refractivity contribution in [2.75, 3.05) is 6.54 Å². The van der Waals surface area contributed by atoms with Crippen LogP contribution in [0.5, 0.6) is 0 Å². The van der Waals surface area contributed by atoms with Crippen LogP contribution in [-0.2, 0) is 16.0 Å². The van der Waals surface area contributed by atoms with Gasteiger partial charge in [-0.3, -0.25) is 4.79 Å². The molecule has 140 valence electrons. The second-order valence-electron chi connectivity index (χ2n) is 6.33. The topological polar surface area (TPSA) is 64.4 Å². The highest BCUT2D eigenvalue weighted by Crippen LogP contribution is 2.25. The van der Waals surface area contributed by atoms with Crippen molar-refractivity contribution in [2.45, 2.75) is 37.5 Å². The van der Waals surface area contributed by atoms with E-state index in [-0.39, 0.29) is 30.5 Å². The van der Waals surface area contributed by atoms with Crippen molar-refractivity contribution in [1.82, 2.24) is 5.32 Å². The number of benzene rings is 2. The Morgan fingerprint density at radius 1 is 1.15 bits per heavy atom. The van der Waals surface area contributed by atoms with Crippen LogP contribution in [0.25, 0.3) is 0 Å². The summed E-state index contributed by atoms with van der Waals surface area (Å²) in [6.45, 7) is 0.450. The van der Waals surface area contributed by atoms with E-state index in [0.717, 1.165) is 17.5 Å². The van der Waals surface area contributed by atoms with Gasteiger partial charge in [-0.1, -0.05) is 60.1 Å². The van der Waals surface area contributed by atoms with Crippen LogP contribution in [-0.4, -0.2) is 24.7 Å². The number of amides is 1. The van der Waals surface area contributed by atoms with Gasteiger partial charge in [-0.05, 0) is 36.5 Å². The third kappa shape index (κ3) is 5.21. The molecule has 3 atom stereocenters. The van der Waals surface area contributed by atoms with Crippen molar-refractivity contribution in [3.63, 3.8) is 0 Å². The summed E-state index contributed by atoms with van der Waals surface area (Å²) in [7, 11) is 0. The lowest BCUT2D eigenvalue weighted by Gasteiger charge is -2.22. The fourth-order valence-corrected chi connectivity index (χ4v) is 3.37. The van der Waals surface area contributed by atoms with Gasteiger partial charge in [-0.25, -0.2) is 0 Å². The summed E-state index contributed by atoms with van der Waals surface area (Å²) in [6.07, 6.45) is 1.72. The first-order chi connectivity index (χ1) is 12.2. The van der Waals surface area contributed by atoms with E-state index in [1.807, 2.05) is 54.6 Å². The standard InChI is InChI=1S/C20H23ClN2O2.ClH/c21-17-9-5-4-8-15(17)12-18(14-6-2-1-3-7-14)23-20(24)19-11-10-16(13-22)25-19;/h1-9,16,18-19H,10-13,22H2,(H,23,24);1H/t16-,18?,19+;/m1./s1. The average molecular weight is 395 g/mol. The van der Waals surface area contributed by atoms with E-state index in [1.165, 1.54) is 0 Å². The second-order valence-corrected chi connectivity index (χ2v) is 6.73. The molecule has 26 heavy (non-hydrogen) atoms. The lowest BCUT2D eigenvalue weighted by molar-refractivity contribution is -0.132. The quantitative estimate of drug-likeness (QED) is 0.785. The van der Waals surface area contributed by atoms with Gasteiger partial charge in [0.25, 0.3) is 0 Å². The first-order valence-electron chi connectivity index (χ1n) is 8.61. The largest absolute Gasteiger partial charge is 0.364 e. The van der Waals surface area contributed by atoms with Crippen molar-refractivity contribution in [1.29, 1.82) is 0 Å². The van der Waals surface area contributed by atoms with Crippen LogP contribution in [0.15, 0.2) is 54.6 Å². The van der Waals surface area contributed by atoms with Crippen molar-refractivity contribution in [2.24, 2.45) is 5.73 Å². The van der Waals surface area contributed by atoms with Gasteiger partial charge >= 0.3 is 0 Å². The van der Waals surface area contributed by atoms with Crippen molar-refractivity contribution in [3.05, 3.63) is 70.7 Å². The fraction of sp³-hybridized carbons (Fsp3) is 0.350. The molecule has 4 nitrogen and oxygen atoms in total. The Balaban J connectivity index is 0.00000243. The summed E-state index contributed by atoms with van der Waals surface area (Å²) >= 11 is 6.31. The number of nitrogens with two attached hydrogens (primary N) is 1. The first-order valence-corrected chi connectivity index (χ1v) is 8.99. The molecule has 2 aromatic carbocycles. The molecule has 0 bridgehead atoms. The number of carbonyl (C=O) groups is 1. The van der Waals surface area contributed by atoms with Crippen molar-refractivity contribution in [3.8, 4) is 0 Å². The van der Waals surface area contributed by atoms with Gasteiger partial charge < -0.3 is 15.8 Å². The van der Waals surface area contributed by atoms with Gasteiger partial charge in [0.05, 0.1) is 12.1 Å². The predicted molar refractivity (Wildman–Crippen MR) is 107 cm³/mol. The number of halogens is 2. The van der Waals surface area contributed by atoms with E-state index >= 15 is 0 Å². The van der Waals surface area contributed by atoms with Crippen LogP contribution in [0.2, 0.25) is 5.02 Å². The second kappa shape index (κ2) is 9.93. The van der Waals surface area contributed by atoms with Gasteiger partial charge in [-0.15, -0.1) is 12.4 Å². The maximum Gasteiger partial charge on any atom is 0.249 e. The molecule has 3 rings (SSSR count). The van der Waals surface area contributed by atoms with E-state index in [4.69, 9.17) is 22.1 Å². The van der Waals surface area contributed by atoms with E-state index in [0.29, 0.717) is 24.4 Å². The van der Waals surface area contributed by atoms with Crippen LogP contribution in [0.3, 0.4) is 0 Å². The molecule has 1 aliphatic rings. The molecule has 3 N–H and O–H groups in total. The van der Waals surface area contributed by atoms with E-state index in [1.54, 1.807) is 0 Å². The Kier molecular flexibility index (Phi) is 7.91. The smallest absolute Gasteiger partial charge is 0.249 e. The Morgan fingerprint density at radius 3 is 2.50 bits per heavy atom. The number of hydrogen-bond acceptors (Lipinski definition) is 3. The molecular weight excluding hydrogens is 371 g/mol. The van der Waals surface area contributed by atoms with Crippen molar-refractivity contribution >= 4 is 29.9 Å². The number of ether oxygens (including phenoxy) is 1. The molecule has 0 spiro atoms. The first kappa shape index (κ1) is 20.7. The monoisotopic (exact) mass is 394 g/mol. The van der Waals surface area contributed by atoms with Crippen LogP contribution in [0.1, 0.15) is 30.0 Å². The molecule has 1 amide bonds. The highest BCUT2D eigenvalue weighted by atomic mass is 35.5. The van der Waals surface area contributed by atoms with Crippen LogP contribution in [0, 0.1) is 0 Å². The fourth-order valence-electron chi connectivity index (χ4n) is 3.16. The van der Waals surface area contributed by atoms with Crippen LogP contribution < -0.4 is 11.1 Å². The molecule has 0 aliphatic carbocycles. The molecule has 6 heteroatoms. The molecule has 1 unspecified atom stereocenters. The summed E-state index contributed by atoms with van der Waals surface area (Å²) in [5.41, 5.74) is 7.69.